The summed E-state index contributed by atoms with van der Waals surface area (Å²) in [5.74, 6) is 0.758. The molecule has 0 unspecified atom stereocenters. The molecule has 2 N–H and O–H groups in total. The van der Waals surface area contributed by atoms with Crippen LogP contribution in [0.4, 0.5) is 21.9 Å². The number of hydrogen-bond donors (Lipinski definition) is 2. The summed E-state index contributed by atoms with van der Waals surface area (Å²) in [7, 11) is 1.61. The Morgan fingerprint density at radius 1 is 0.913 bits per heavy atom. The molecular weight excluding hydrogens is 290 g/mol. The summed E-state index contributed by atoms with van der Waals surface area (Å²) in [6.45, 7) is 2.23. The molecule has 120 valence electrons. The Kier molecular flexibility index (Phi) is 4.66. The first kappa shape index (κ1) is 15.2. The highest BCUT2D eigenvalue weighted by Gasteiger charge is 2.12. The molecule has 1 fully saturated rings. The second-order valence-corrected chi connectivity index (χ2v) is 5.55. The van der Waals surface area contributed by atoms with Gasteiger partial charge < -0.3 is 20.3 Å². The Bertz CT molecular complexity index is 647. The van der Waals surface area contributed by atoms with Crippen LogP contribution in [0.3, 0.4) is 0 Å². The van der Waals surface area contributed by atoms with Gasteiger partial charge in [0.1, 0.15) is 5.75 Å². The maximum Gasteiger partial charge on any atom is 0.323 e. The summed E-state index contributed by atoms with van der Waals surface area (Å²) in [4.78, 5) is 14.4. The molecule has 5 heteroatoms. The SMILES string of the molecule is COc1ccc(NC(=O)Nc2ccc(N3CCCC3)cc2)cc1. The van der Waals surface area contributed by atoms with Crippen LogP contribution in [0.2, 0.25) is 0 Å². The fraction of sp³-hybridized carbons (Fsp3) is 0.278. The number of ether oxygens (including phenoxy) is 1. The third-order valence-corrected chi connectivity index (χ3v) is 3.94. The summed E-state index contributed by atoms with van der Waals surface area (Å²) < 4.78 is 5.09. The summed E-state index contributed by atoms with van der Waals surface area (Å²) in [6.07, 6.45) is 2.51. The van der Waals surface area contributed by atoms with Gasteiger partial charge in [-0.25, -0.2) is 4.79 Å². The van der Waals surface area contributed by atoms with Crippen molar-refractivity contribution in [3.63, 3.8) is 0 Å². The highest BCUT2D eigenvalue weighted by molar-refractivity contribution is 5.99. The van der Waals surface area contributed by atoms with Gasteiger partial charge in [0, 0.05) is 30.2 Å². The first-order valence-corrected chi connectivity index (χ1v) is 7.82. The first-order chi connectivity index (χ1) is 11.2. The number of methoxy groups -OCH3 is 1. The molecule has 23 heavy (non-hydrogen) atoms. The molecule has 3 rings (SSSR count). The number of amides is 2. The highest BCUT2D eigenvalue weighted by atomic mass is 16.5. The number of nitrogens with zero attached hydrogens (tertiary/aromatic N) is 1. The highest BCUT2D eigenvalue weighted by Crippen LogP contribution is 2.22. The number of benzene rings is 2. The Balaban J connectivity index is 1.56. The Labute approximate surface area is 136 Å². The van der Waals surface area contributed by atoms with Crippen molar-refractivity contribution in [2.75, 3.05) is 35.7 Å². The molecule has 1 aliphatic rings. The van der Waals surface area contributed by atoms with E-state index in [4.69, 9.17) is 4.74 Å². The minimum Gasteiger partial charge on any atom is -0.497 e. The predicted molar refractivity (Wildman–Crippen MR) is 93.5 cm³/mol. The predicted octanol–water partition coefficient (Wildman–Crippen LogP) is 3.94. The van der Waals surface area contributed by atoms with Crippen LogP contribution < -0.4 is 20.3 Å². The van der Waals surface area contributed by atoms with E-state index < -0.39 is 0 Å². The lowest BCUT2D eigenvalue weighted by atomic mass is 10.2. The maximum atomic E-state index is 12.0. The molecule has 0 saturated carbocycles. The van der Waals surface area contributed by atoms with Crippen LogP contribution in [-0.2, 0) is 0 Å². The lowest BCUT2D eigenvalue weighted by molar-refractivity contribution is 0.262. The van der Waals surface area contributed by atoms with Crippen molar-refractivity contribution in [1.29, 1.82) is 0 Å². The number of anilines is 3. The summed E-state index contributed by atoms with van der Waals surface area (Å²) in [5.41, 5.74) is 2.71. The smallest absolute Gasteiger partial charge is 0.323 e. The van der Waals surface area contributed by atoms with E-state index in [2.05, 4.69) is 15.5 Å². The number of nitrogens with one attached hydrogen (secondary N) is 2. The van der Waals surface area contributed by atoms with Crippen LogP contribution in [0, 0.1) is 0 Å². The van der Waals surface area contributed by atoms with Crippen LogP contribution in [0.5, 0.6) is 5.75 Å². The second-order valence-electron chi connectivity index (χ2n) is 5.55. The molecule has 0 aromatic heterocycles. The molecule has 1 heterocycles. The van der Waals surface area contributed by atoms with E-state index in [0.717, 1.165) is 30.2 Å². The van der Waals surface area contributed by atoms with Crippen LogP contribution in [0.1, 0.15) is 12.8 Å². The van der Waals surface area contributed by atoms with Gasteiger partial charge in [-0.15, -0.1) is 0 Å². The molecule has 1 aliphatic heterocycles. The van der Waals surface area contributed by atoms with Crippen LogP contribution in [-0.4, -0.2) is 26.2 Å². The van der Waals surface area contributed by atoms with Crippen molar-refractivity contribution >= 4 is 23.1 Å². The minimum absolute atomic E-state index is 0.260. The lowest BCUT2D eigenvalue weighted by Gasteiger charge is -2.17. The van der Waals surface area contributed by atoms with Gasteiger partial charge in [-0.1, -0.05) is 0 Å². The van der Waals surface area contributed by atoms with E-state index in [1.807, 2.05) is 24.3 Å². The zero-order chi connectivity index (χ0) is 16.1. The Morgan fingerprint density at radius 2 is 1.43 bits per heavy atom. The molecule has 0 bridgehead atoms. The third-order valence-electron chi connectivity index (χ3n) is 3.94. The molecule has 1 saturated heterocycles. The van der Waals surface area contributed by atoms with Gasteiger partial charge in [-0.3, -0.25) is 0 Å². The van der Waals surface area contributed by atoms with E-state index in [-0.39, 0.29) is 6.03 Å². The average molecular weight is 311 g/mol. The third kappa shape index (κ3) is 3.94. The van der Waals surface area contributed by atoms with E-state index in [1.54, 1.807) is 31.4 Å². The number of hydrogen-bond acceptors (Lipinski definition) is 3. The van der Waals surface area contributed by atoms with Crippen molar-refractivity contribution < 1.29 is 9.53 Å². The van der Waals surface area contributed by atoms with Crippen LogP contribution in [0.15, 0.2) is 48.5 Å². The van der Waals surface area contributed by atoms with Crippen molar-refractivity contribution in [1.82, 2.24) is 0 Å². The fourth-order valence-electron chi connectivity index (χ4n) is 2.70. The molecule has 5 nitrogen and oxygen atoms in total. The average Bonchev–Trinajstić information content (AvgIpc) is 3.11. The van der Waals surface area contributed by atoms with Crippen molar-refractivity contribution in [2.24, 2.45) is 0 Å². The summed E-state index contributed by atoms with van der Waals surface area (Å²) in [5, 5.41) is 5.63. The normalized spacial score (nSPS) is 13.7. The number of carbonyl (C=O) groups is 1. The molecule has 0 aliphatic carbocycles. The molecule has 2 aromatic carbocycles. The van der Waals surface area contributed by atoms with Gasteiger partial charge in [0.2, 0.25) is 0 Å². The monoisotopic (exact) mass is 311 g/mol. The minimum atomic E-state index is -0.260. The zero-order valence-corrected chi connectivity index (χ0v) is 13.2. The van der Waals surface area contributed by atoms with Crippen molar-refractivity contribution in [3.05, 3.63) is 48.5 Å². The summed E-state index contributed by atoms with van der Waals surface area (Å²) in [6, 6.07) is 14.9. The standard InChI is InChI=1S/C18H21N3O2/c1-23-17-10-6-15(7-11-17)20-18(22)19-14-4-8-16(9-5-14)21-12-2-3-13-21/h4-11H,2-3,12-13H2,1H3,(H2,19,20,22). The topological polar surface area (TPSA) is 53.6 Å². The zero-order valence-electron chi connectivity index (χ0n) is 13.2. The van der Waals surface area contributed by atoms with Gasteiger partial charge in [0.25, 0.3) is 0 Å². The van der Waals surface area contributed by atoms with E-state index >= 15 is 0 Å². The van der Waals surface area contributed by atoms with E-state index in [9.17, 15) is 4.79 Å². The van der Waals surface area contributed by atoms with Crippen molar-refractivity contribution in [3.8, 4) is 5.75 Å². The van der Waals surface area contributed by atoms with Gasteiger partial charge in [0.05, 0.1) is 7.11 Å². The van der Waals surface area contributed by atoms with Gasteiger partial charge >= 0.3 is 6.03 Å². The Hall–Kier alpha value is -2.69. The van der Waals surface area contributed by atoms with E-state index in [1.165, 1.54) is 18.5 Å². The molecule has 2 aromatic rings. The molecule has 2 amide bonds. The molecular formula is C18H21N3O2. The molecule has 0 atom stereocenters. The summed E-state index contributed by atoms with van der Waals surface area (Å²) >= 11 is 0. The second kappa shape index (κ2) is 7.05. The van der Waals surface area contributed by atoms with E-state index in [0.29, 0.717) is 0 Å². The number of carbonyl (C=O) groups excluding carboxylic acids is 1. The van der Waals surface area contributed by atoms with Crippen LogP contribution >= 0.6 is 0 Å². The molecule has 0 spiro atoms. The number of urea groups is 1. The van der Waals surface area contributed by atoms with Crippen LogP contribution in [0.25, 0.3) is 0 Å². The first-order valence-electron chi connectivity index (χ1n) is 7.82. The number of rotatable bonds is 4. The Morgan fingerprint density at radius 3 is 1.96 bits per heavy atom. The largest absolute Gasteiger partial charge is 0.497 e. The van der Waals surface area contributed by atoms with Gasteiger partial charge in [-0.2, -0.15) is 0 Å². The van der Waals surface area contributed by atoms with Gasteiger partial charge in [0.15, 0.2) is 0 Å². The quantitative estimate of drug-likeness (QED) is 0.899. The van der Waals surface area contributed by atoms with Gasteiger partial charge in [-0.05, 0) is 61.4 Å². The molecule has 0 radical (unpaired) electrons. The lowest BCUT2D eigenvalue weighted by Crippen LogP contribution is -2.20. The fourth-order valence-corrected chi connectivity index (χ4v) is 2.70. The maximum absolute atomic E-state index is 12.0. The van der Waals surface area contributed by atoms with Crippen molar-refractivity contribution in [2.45, 2.75) is 12.8 Å².